The predicted octanol–water partition coefficient (Wildman–Crippen LogP) is 4.14. The van der Waals surface area contributed by atoms with Gasteiger partial charge in [-0.2, -0.15) is 5.10 Å². The lowest BCUT2D eigenvalue weighted by Gasteiger charge is -2.04. The molecule has 0 saturated heterocycles. The lowest BCUT2D eigenvalue weighted by atomic mass is 10.1. The average Bonchev–Trinajstić information content (AvgIpc) is 2.81. The summed E-state index contributed by atoms with van der Waals surface area (Å²) in [5.41, 5.74) is 6.31. The van der Waals surface area contributed by atoms with E-state index in [2.05, 4.69) is 34.3 Å². The summed E-state index contributed by atoms with van der Waals surface area (Å²) < 4.78 is 0. The maximum atomic E-state index is 4.45. The summed E-state index contributed by atoms with van der Waals surface area (Å²) in [7, 11) is 0. The van der Waals surface area contributed by atoms with Crippen molar-refractivity contribution < 1.29 is 0 Å². The Morgan fingerprint density at radius 3 is 2.67 bits per heavy atom. The molecule has 0 amide bonds. The fourth-order valence-corrected chi connectivity index (χ4v) is 3.14. The first kappa shape index (κ1) is 13.7. The Balaban J connectivity index is 1.96. The molecule has 0 atom stereocenters. The molecule has 1 N–H and O–H groups in total. The highest BCUT2D eigenvalue weighted by molar-refractivity contribution is 7.18. The molecule has 4 nitrogen and oxygen atoms in total. The number of hydrogen-bond donors (Lipinski definition) is 1. The van der Waals surface area contributed by atoms with Gasteiger partial charge in [-0.05, 0) is 31.9 Å². The van der Waals surface area contributed by atoms with Crippen LogP contribution in [-0.2, 0) is 0 Å². The highest BCUT2D eigenvalue weighted by Crippen LogP contribution is 2.32. The van der Waals surface area contributed by atoms with Crippen molar-refractivity contribution in [2.45, 2.75) is 20.8 Å². The summed E-state index contributed by atoms with van der Waals surface area (Å²) in [6.07, 6.45) is 1.58. The van der Waals surface area contributed by atoms with Gasteiger partial charge in [-0.25, -0.2) is 9.97 Å². The normalized spacial score (nSPS) is 11.9. The van der Waals surface area contributed by atoms with Crippen LogP contribution in [0, 0.1) is 13.8 Å². The minimum Gasteiger partial charge on any atom is -0.260 e. The van der Waals surface area contributed by atoms with Gasteiger partial charge in [0.1, 0.15) is 11.2 Å². The molecule has 21 heavy (non-hydrogen) atoms. The second-order valence-electron chi connectivity index (χ2n) is 4.86. The molecular formula is C16H16N4S. The van der Waals surface area contributed by atoms with E-state index in [1.807, 2.05) is 37.3 Å². The molecule has 2 heterocycles. The Hall–Kier alpha value is -2.27. The minimum atomic E-state index is 0.761. The van der Waals surface area contributed by atoms with E-state index in [9.17, 15) is 0 Å². The Labute approximate surface area is 127 Å². The zero-order chi connectivity index (χ0) is 14.8. The maximum Gasteiger partial charge on any atom is 0.158 e. The van der Waals surface area contributed by atoms with Gasteiger partial charge in [-0.3, -0.25) is 5.43 Å². The van der Waals surface area contributed by atoms with Crippen LogP contribution in [0.5, 0.6) is 0 Å². The van der Waals surface area contributed by atoms with Crippen LogP contribution < -0.4 is 5.43 Å². The number of aryl methyl sites for hydroxylation is 2. The third kappa shape index (κ3) is 2.64. The lowest BCUT2D eigenvalue weighted by molar-refractivity contribution is 1.18. The van der Waals surface area contributed by atoms with Crippen LogP contribution in [0.4, 0.5) is 5.82 Å². The van der Waals surface area contributed by atoms with E-state index >= 15 is 0 Å². The van der Waals surface area contributed by atoms with Crippen molar-refractivity contribution in [2.24, 2.45) is 5.10 Å². The zero-order valence-corrected chi connectivity index (χ0v) is 13.0. The SMILES string of the molecule is C/C(=N\Nc1ncnc2sc(C)c(C)c12)c1ccccc1. The molecular weight excluding hydrogens is 280 g/mol. The minimum absolute atomic E-state index is 0.761. The largest absolute Gasteiger partial charge is 0.260 e. The van der Waals surface area contributed by atoms with Gasteiger partial charge in [0.2, 0.25) is 0 Å². The number of aromatic nitrogens is 2. The Kier molecular flexibility index (Phi) is 3.66. The van der Waals surface area contributed by atoms with Gasteiger partial charge in [0, 0.05) is 4.88 Å². The van der Waals surface area contributed by atoms with Crippen LogP contribution >= 0.6 is 11.3 Å². The molecule has 1 aromatic carbocycles. The number of anilines is 1. The van der Waals surface area contributed by atoms with Crippen molar-refractivity contribution in [3.05, 3.63) is 52.7 Å². The molecule has 0 radical (unpaired) electrons. The van der Waals surface area contributed by atoms with Gasteiger partial charge in [-0.15, -0.1) is 11.3 Å². The van der Waals surface area contributed by atoms with Crippen LogP contribution in [0.1, 0.15) is 22.9 Å². The van der Waals surface area contributed by atoms with Gasteiger partial charge in [-0.1, -0.05) is 30.3 Å². The van der Waals surface area contributed by atoms with Crippen LogP contribution in [-0.4, -0.2) is 15.7 Å². The van der Waals surface area contributed by atoms with Gasteiger partial charge < -0.3 is 0 Å². The molecule has 5 heteroatoms. The number of hydrazone groups is 1. The van der Waals surface area contributed by atoms with Crippen molar-refractivity contribution in [1.29, 1.82) is 0 Å². The number of hydrogen-bond acceptors (Lipinski definition) is 5. The van der Waals surface area contributed by atoms with Crippen molar-refractivity contribution in [3.63, 3.8) is 0 Å². The molecule has 2 aromatic heterocycles. The maximum absolute atomic E-state index is 4.45. The first-order chi connectivity index (χ1) is 10.2. The summed E-state index contributed by atoms with van der Waals surface area (Å²) in [5.74, 6) is 0.761. The van der Waals surface area contributed by atoms with Crippen LogP contribution in [0.25, 0.3) is 10.2 Å². The highest BCUT2D eigenvalue weighted by atomic mass is 32.1. The Bertz CT molecular complexity index is 806. The molecule has 106 valence electrons. The Morgan fingerprint density at radius 1 is 1.14 bits per heavy atom. The van der Waals surface area contributed by atoms with E-state index in [0.29, 0.717) is 0 Å². The third-order valence-electron chi connectivity index (χ3n) is 3.49. The molecule has 0 saturated carbocycles. The number of thiophene rings is 1. The van der Waals surface area contributed by atoms with Crippen molar-refractivity contribution >= 4 is 33.1 Å². The summed E-state index contributed by atoms with van der Waals surface area (Å²) in [5, 5.41) is 5.51. The molecule has 0 spiro atoms. The highest BCUT2D eigenvalue weighted by Gasteiger charge is 2.11. The summed E-state index contributed by atoms with van der Waals surface area (Å²) in [4.78, 5) is 10.9. The van der Waals surface area contributed by atoms with Crippen molar-refractivity contribution in [2.75, 3.05) is 5.43 Å². The molecule has 0 aliphatic rings. The number of fused-ring (bicyclic) bond motifs is 1. The van der Waals surface area contributed by atoms with E-state index in [4.69, 9.17) is 0 Å². The van der Waals surface area contributed by atoms with Gasteiger partial charge in [0.05, 0.1) is 11.1 Å². The third-order valence-corrected chi connectivity index (χ3v) is 4.60. The molecule has 0 fully saturated rings. The van der Waals surface area contributed by atoms with Crippen LogP contribution in [0.3, 0.4) is 0 Å². The van der Waals surface area contributed by atoms with Gasteiger partial charge >= 0.3 is 0 Å². The molecule has 0 aliphatic carbocycles. The molecule has 0 bridgehead atoms. The fourth-order valence-electron chi connectivity index (χ4n) is 2.15. The van der Waals surface area contributed by atoms with E-state index in [0.717, 1.165) is 27.3 Å². The van der Waals surface area contributed by atoms with E-state index < -0.39 is 0 Å². The summed E-state index contributed by atoms with van der Waals surface area (Å²) in [6, 6.07) is 10.1. The molecule has 0 aliphatic heterocycles. The fraction of sp³-hybridized carbons (Fsp3) is 0.188. The average molecular weight is 296 g/mol. The van der Waals surface area contributed by atoms with Crippen LogP contribution in [0.2, 0.25) is 0 Å². The summed E-state index contributed by atoms with van der Waals surface area (Å²) >= 11 is 1.68. The first-order valence-electron chi connectivity index (χ1n) is 6.73. The second kappa shape index (κ2) is 5.61. The van der Waals surface area contributed by atoms with Crippen molar-refractivity contribution in [3.8, 4) is 0 Å². The Morgan fingerprint density at radius 2 is 1.90 bits per heavy atom. The molecule has 3 rings (SSSR count). The summed E-state index contributed by atoms with van der Waals surface area (Å²) in [6.45, 7) is 6.17. The molecule has 0 unspecified atom stereocenters. The van der Waals surface area contributed by atoms with Gasteiger partial charge in [0.25, 0.3) is 0 Å². The van der Waals surface area contributed by atoms with Crippen LogP contribution in [0.15, 0.2) is 41.8 Å². The standard InChI is InChI=1S/C16H16N4S/c1-10-12(3)21-16-14(10)15(17-9-18-16)20-19-11(2)13-7-5-4-6-8-13/h4-9H,1-3H3,(H,17,18,20)/b19-11+. The van der Waals surface area contributed by atoms with Gasteiger partial charge in [0.15, 0.2) is 5.82 Å². The number of benzene rings is 1. The van der Waals surface area contributed by atoms with Crippen molar-refractivity contribution in [1.82, 2.24) is 9.97 Å². The van der Waals surface area contributed by atoms with E-state index in [1.165, 1.54) is 10.4 Å². The number of nitrogens with zero attached hydrogens (tertiary/aromatic N) is 3. The first-order valence-corrected chi connectivity index (χ1v) is 7.55. The lowest BCUT2D eigenvalue weighted by Crippen LogP contribution is -2.01. The quantitative estimate of drug-likeness (QED) is 0.583. The number of rotatable bonds is 3. The van der Waals surface area contributed by atoms with E-state index in [-0.39, 0.29) is 0 Å². The smallest absolute Gasteiger partial charge is 0.158 e. The number of nitrogens with one attached hydrogen (secondary N) is 1. The van der Waals surface area contributed by atoms with E-state index in [1.54, 1.807) is 17.7 Å². The predicted molar refractivity (Wildman–Crippen MR) is 89.2 cm³/mol. The second-order valence-corrected chi connectivity index (χ2v) is 6.06. The topological polar surface area (TPSA) is 50.2 Å². The zero-order valence-electron chi connectivity index (χ0n) is 12.2. The molecule has 3 aromatic rings. The monoisotopic (exact) mass is 296 g/mol.